The van der Waals surface area contributed by atoms with Crippen molar-refractivity contribution < 1.29 is 9.53 Å². The molecule has 1 aromatic carbocycles. The van der Waals surface area contributed by atoms with Gasteiger partial charge in [0.05, 0.1) is 6.10 Å². The normalized spacial score (nSPS) is 18.5. The maximum absolute atomic E-state index is 11.9. The zero-order valence-electron chi connectivity index (χ0n) is 12.8. The van der Waals surface area contributed by atoms with Crippen LogP contribution >= 0.6 is 24.0 Å². The molecule has 2 N–H and O–H groups in total. The van der Waals surface area contributed by atoms with E-state index in [9.17, 15) is 4.79 Å². The van der Waals surface area contributed by atoms with E-state index in [0.717, 1.165) is 25.1 Å². The van der Waals surface area contributed by atoms with Crippen LogP contribution in [0.5, 0.6) is 0 Å². The average molecular weight is 347 g/mol. The van der Waals surface area contributed by atoms with Gasteiger partial charge in [-0.15, -0.1) is 12.4 Å². The molecule has 6 heteroatoms. The summed E-state index contributed by atoms with van der Waals surface area (Å²) in [6.07, 6.45) is 2.58. The van der Waals surface area contributed by atoms with Crippen LogP contribution in [0.4, 0.5) is 0 Å². The van der Waals surface area contributed by atoms with E-state index in [4.69, 9.17) is 16.3 Å². The second-order valence-corrected chi connectivity index (χ2v) is 5.91. The molecule has 0 spiro atoms. The summed E-state index contributed by atoms with van der Waals surface area (Å²) in [7, 11) is 1.65. The van der Waals surface area contributed by atoms with Crippen LogP contribution in [0.15, 0.2) is 24.3 Å². The summed E-state index contributed by atoms with van der Waals surface area (Å²) < 4.78 is 5.44. The minimum Gasteiger partial charge on any atom is -0.375 e. The summed E-state index contributed by atoms with van der Waals surface area (Å²) in [6, 6.07) is 7.51. The number of ether oxygens (including phenoxy) is 1. The van der Waals surface area contributed by atoms with Gasteiger partial charge in [-0.25, -0.2) is 0 Å². The molecule has 0 radical (unpaired) electrons. The number of hydrogen-bond acceptors (Lipinski definition) is 3. The van der Waals surface area contributed by atoms with Crippen LogP contribution in [-0.2, 0) is 9.53 Å². The molecule has 1 heterocycles. The van der Waals surface area contributed by atoms with Crippen LogP contribution in [0.2, 0.25) is 5.02 Å². The van der Waals surface area contributed by atoms with E-state index >= 15 is 0 Å². The summed E-state index contributed by atoms with van der Waals surface area (Å²) in [4.78, 5) is 11.9. The Morgan fingerprint density at radius 2 is 2.18 bits per heavy atom. The number of benzene rings is 1. The molecule has 4 nitrogen and oxygen atoms in total. The average Bonchev–Trinajstić information content (AvgIpc) is 3.01. The number of rotatable bonds is 7. The minimum absolute atomic E-state index is 0. The lowest BCUT2D eigenvalue weighted by atomic mass is 10.0. The molecule has 0 bridgehead atoms. The Morgan fingerprint density at radius 3 is 2.77 bits per heavy atom. The number of amides is 1. The van der Waals surface area contributed by atoms with Crippen molar-refractivity contribution in [3.05, 3.63) is 34.9 Å². The van der Waals surface area contributed by atoms with Crippen molar-refractivity contribution in [3.8, 4) is 0 Å². The Kier molecular flexibility index (Phi) is 8.79. The highest BCUT2D eigenvalue weighted by Gasteiger charge is 2.16. The molecule has 124 valence electrons. The van der Waals surface area contributed by atoms with Crippen molar-refractivity contribution in [1.82, 2.24) is 10.6 Å². The van der Waals surface area contributed by atoms with Crippen LogP contribution in [0.3, 0.4) is 0 Å². The monoisotopic (exact) mass is 346 g/mol. The number of methoxy groups -OCH3 is 1. The van der Waals surface area contributed by atoms with Gasteiger partial charge in [0.2, 0.25) is 5.91 Å². The van der Waals surface area contributed by atoms with Crippen molar-refractivity contribution in [2.75, 3.05) is 26.7 Å². The Morgan fingerprint density at radius 1 is 1.45 bits per heavy atom. The highest BCUT2D eigenvalue weighted by molar-refractivity contribution is 6.30. The summed E-state index contributed by atoms with van der Waals surface area (Å²) in [5.74, 6) is 0.739. The van der Waals surface area contributed by atoms with E-state index in [0.29, 0.717) is 23.9 Å². The van der Waals surface area contributed by atoms with E-state index in [1.807, 2.05) is 24.3 Å². The molecule has 1 aliphatic rings. The lowest BCUT2D eigenvalue weighted by Crippen LogP contribution is -2.29. The second-order valence-electron chi connectivity index (χ2n) is 5.48. The summed E-state index contributed by atoms with van der Waals surface area (Å²) >= 11 is 5.87. The quantitative estimate of drug-likeness (QED) is 0.797. The topological polar surface area (TPSA) is 50.4 Å². The third kappa shape index (κ3) is 6.13. The first-order valence-corrected chi connectivity index (χ1v) is 7.82. The van der Waals surface area contributed by atoms with Gasteiger partial charge in [-0.2, -0.15) is 0 Å². The van der Waals surface area contributed by atoms with Crippen molar-refractivity contribution >= 4 is 29.9 Å². The Labute approximate surface area is 143 Å². The first-order valence-electron chi connectivity index (χ1n) is 7.44. The van der Waals surface area contributed by atoms with Crippen LogP contribution < -0.4 is 10.6 Å². The third-order valence-corrected chi connectivity index (χ3v) is 4.20. The molecular weight excluding hydrogens is 323 g/mol. The van der Waals surface area contributed by atoms with Gasteiger partial charge in [0, 0.05) is 25.1 Å². The standard InChI is InChI=1S/C16H23ClN2O2.ClH/c1-21-15(13-3-5-14(17)6-4-13)11-19-16(20)7-2-12-8-9-18-10-12;/h3-6,12,15,18H,2,7-11H2,1H3,(H,19,20);1H. The van der Waals surface area contributed by atoms with Gasteiger partial charge in [0.1, 0.15) is 0 Å². The molecule has 22 heavy (non-hydrogen) atoms. The van der Waals surface area contributed by atoms with Gasteiger partial charge in [-0.3, -0.25) is 4.79 Å². The molecule has 2 rings (SSSR count). The zero-order chi connectivity index (χ0) is 15.1. The SMILES string of the molecule is COC(CNC(=O)CCC1CCNC1)c1ccc(Cl)cc1.Cl. The first-order chi connectivity index (χ1) is 10.2. The van der Waals surface area contributed by atoms with E-state index in [2.05, 4.69) is 10.6 Å². The first kappa shape index (κ1) is 19.2. The lowest BCUT2D eigenvalue weighted by molar-refractivity contribution is -0.121. The molecule has 1 aromatic rings. The molecule has 1 fully saturated rings. The predicted molar refractivity (Wildman–Crippen MR) is 91.7 cm³/mol. The molecule has 0 saturated carbocycles. The highest BCUT2D eigenvalue weighted by Crippen LogP contribution is 2.19. The molecule has 0 aromatic heterocycles. The van der Waals surface area contributed by atoms with Gasteiger partial charge in [-0.1, -0.05) is 23.7 Å². The molecule has 2 atom stereocenters. The minimum atomic E-state index is -0.139. The maximum atomic E-state index is 11.9. The van der Waals surface area contributed by atoms with Crippen molar-refractivity contribution in [1.29, 1.82) is 0 Å². The smallest absolute Gasteiger partial charge is 0.220 e. The predicted octanol–water partition coefficient (Wildman–Crippen LogP) is 2.96. The number of halogens is 2. The van der Waals surface area contributed by atoms with Crippen LogP contribution in [-0.4, -0.2) is 32.7 Å². The largest absolute Gasteiger partial charge is 0.375 e. The summed E-state index contributed by atoms with van der Waals surface area (Å²) in [5.41, 5.74) is 1.02. The van der Waals surface area contributed by atoms with E-state index in [-0.39, 0.29) is 24.4 Å². The molecule has 1 aliphatic heterocycles. The van der Waals surface area contributed by atoms with Gasteiger partial charge < -0.3 is 15.4 Å². The maximum Gasteiger partial charge on any atom is 0.220 e. The molecule has 0 aliphatic carbocycles. The number of hydrogen-bond donors (Lipinski definition) is 2. The number of carbonyl (C=O) groups is 1. The number of carbonyl (C=O) groups excluding carboxylic acids is 1. The zero-order valence-corrected chi connectivity index (χ0v) is 14.4. The molecule has 2 unspecified atom stereocenters. The van der Waals surface area contributed by atoms with Gasteiger partial charge in [0.15, 0.2) is 0 Å². The highest BCUT2D eigenvalue weighted by atomic mass is 35.5. The van der Waals surface area contributed by atoms with Gasteiger partial charge in [0.25, 0.3) is 0 Å². The summed E-state index contributed by atoms with van der Waals surface area (Å²) in [5, 5.41) is 6.97. The van der Waals surface area contributed by atoms with Crippen molar-refractivity contribution in [2.45, 2.75) is 25.4 Å². The number of nitrogens with one attached hydrogen (secondary N) is 2. The van der Waals surface area contributed by atoms with Gasteiger partial charge in [-0.05, 0) is 49.5 Å². The van der Waals surface area contributed by atoms with E-state index in [1.54, 1.807) is 7.11 Å². The molecule has 1 amide bonds. The second kappa shape index (κ2) is 10.1. The van der Waals surface area contributed by atoms with E-state index in [1.165, 1.54) is 6.42 Å². The third-order valence-electron chi connectivity index (χ3n) is 3.95. The van der Waals surface area contributed by atoms with Crippen LogP contribution in [0.1, 0.15) is 30.9 Å². The Bertz CT molecular complexity index is 448. The van der Waals surface area contributed by atoms with Crippen molar-refractivity contribution in [2.24, 2.45) is 5.92 Å². The van der Waals surface area contributed by atoms with Crippen LogP contribution in [0, 0.1) is 5.92 Å². The van der Waals surface area contributed by atoms with Gasteiger partial charge >= 0.3 is 0 Å². The summed E-state index contributed by atoms with van der Waals surface area (Å²) in [6.45, 7) is 2.60. The van der Waals surface area contributed by atoms with E-state index < -0.39 is 0 Å². The van der Waals surface area contributed by atoms with Crippen LogP contribution in [0.25, 0.3) is 0 Å². The fraction of sp³-hybridized carbons (Fsp3) is 0.562. The molecule has 1 saturated heterocycles. The fourth-order valence-corrected chi connectivity index (χ4v) is 2.73. The molecular formula is C16H24Cl2N2O2. The fourth-order valence-electron chi connectivity index (χ4n) is 2.61. The Balaban J connectivity index is 0.00000242. The van der Waals surface area contributed by atoms with Crippen molar-refractivity contribution in [3.63, 3.8) is 0 Å². The Hall–Kier alpha value is -0.810. The lowest BCUT2D eigenvalue weighted by Gasteiger charge is -2.17.